The van der Waals surface area contributed by atoms with Gasteiger partial charge in [0.25, 0.3) is 0 Å². The second-order valence-electron chi connectivity index (χ2n) is 5.15. The van der Waals surface area contributed by atoms with Gasteiger partial charge in [0.05, 0.1) is 13.2 Å². The number of halogens is 1. The molecule has 1 aliphatic carbocycles. The lowest BCUT2D eigenvalue weighted by molar-refractivity contribution is -0.124. The number of carbonyl (C=O) groups excluding carboxylic acids is 1. The third-order valence-electron chi connectivity index (χ3n) is 3.55. The Morgan fingerprint density at radius 3 is 2.53 bits per heavy atom. The van der Waals surface area contributed by atoms with E-state index in [4.69, 9.17) is 16.3 Å². The van der Waals surface area contributed by atoms with Crippen LogP contribution in [0.4, 0.5) is 0 Å². The summed E-state index contributed by atoms with van der Waals surface area (Å²) in [6.07, 6.45) is 2.35. The fourth-order valence-corrected chi connectivity index (χ4v) is 2.22. The summed E-state index contributed by atoms with van der Waals surface area (Å²) in [6, 6.07) is 8.01. The maximum absolute atomic E-state index is 12.0. The van der Waals surface area contributed by atoms with Crippen LogP contribution in [0, 0.1) is 11.8 Å². The van der Waals surface area contributed by atoms with Gasteiger partial charge in [-0.1, -0.05) is 19.1 Å². The number of hydrogen-bond acceptors (Lipinski definition) is 2. The largest absolute Gasteiger partial charge is 0.497 e. The van der Waals surface area contributed by atoms with E-state index in [1.54, 1.807) is 7.11 Å². The molecule has 1 N–H and O–H groups in total. The van der Waals surface area contributed by atoms with Crippen LogP contribution in [0.1, 0.15) is 31.4 Å². The normalized spacial score (nSPS) is 17.6. The zero-order chi connectivity index (χ0) is 13.8. The van der Waals surface area contributed by atoms with Crippen LogP contribution in [-0.2, 0) is 4.79 Å². The number of amides is 1. The van der Waals surface area contributed by atoms with Crippen molar-refractivity contribution in [2.24, 2.45) is 11.8 Å². The second-order valence-corrected chi connectivity index (χ2v) is 5.46. The Morgan fingerprint density at radius 2 is 2.05 bits per heavy atom. The highest BCUT2D eigenvalue weighted by Gasteiger charge is 2.34. The first-order valence-electron chi connectivity index (χ1n) is 6.66. The first-order chi connectivity index (χ1) is 9.15. The van der Waals surface area contributed by atoms with Crippen molar-refractivity contribution in [2.75, 3.05) is 13.0 Å². The SMILES string of the molecule is COc1ccc(C(NC(=O)C(C)CCl)C2CC2)cc1. The molecule has 19 heavy (non-hydrogen) atoms. The number of hydrogen-bond donors (Lipinski definition) is 1. The lowest BCUT2D eigenvalue weighted by Crippen LogP contribution is -2.34. The van der Waals surface area contributed by atoms with Crippen molar-refractivity contribution in [1.29, 1.82) is 0 Å². The van der Waals surface area contributed by atoms with Crippen molar-refractivity contribution in [3.63, 3.8) is 0 Å². The Hall–Kier alpha value is -1.22. The molecule has 1 amide bonds. The van der Waals surface area contributed by atoms with E-state index in [2.05, 4.69) is 5.32 Å². The summed E-state index contributed by atoms with van der Waals surface area (Å²) in [7, 11) is 1.65. The van der Waals surface area contributed by atoms with Crippen molar-refractivity contribution < 1.29 is 9.53 Å². The maximum Gasteiger partial charge on any atom is 0.224 e. The molecule has 0 bridgehead atoms. The summed E-state index contributed by atoms with van der Waals surface area (Å²) < 4.78 is 5.16. The van der Waals surface area contributed by atoms with Gasteiger partial charge in [-0.2, -0.15) is 0 Å². The molecule has 2 rings (SSSR count). The summed E-state index contributed by atoms with van der Waals surface area (Å²) in [5.74, 6) is 1.62. The standard InChI is InChI=1S/C15H20ClNO2/c1-10(9-16)15(18)17-14(11-3-4-11)12-5-7-13(19-2)8-6-12/h5-8,10-11,14H,3-4,9H2,1-2H3,(H,17,18). The third-order valence-corrected chi connectivity index (χ3v) is 4.01. The number of methoxy groups -OCH3 is 1. The minimum absolute atomic E-state index is 0.0303. The van der Waals surface area contributed by atoms with Gasteiger partial charge in [-0.3, -0.25) is 4.79 Å². The first-order valence-corrected chi connectivity index (χ1v) is 7.19. The lowest BCUT2D eigenvalue weighted by Gasteiger charge is -2.21. The van der Waals surface area contributed by atoms with Crippen molar-refractivity contribution >= 4 is 17.5 Å². The Morgan fingerprint density at radius 1 is 1.42 bits per heavy atom. The molecule has 1 aliphatic rings. The van der Waals surface area contributed by atoms with Crippen LogP contribution in [0.2, 0.25) is 0 Å². The van der Waals surface area contributed by atoms with Gasteiger partial charge in [-0.05, 0) is 36.5 Å². The van der Waals surface area contributed by atoms with Gasteiger partial charge in [0, 0.05) is 11.8 Å². The summed E-state index contributed by atoms with van der Waals surface area (Å²) in [5, 5.41) is 3.12. The van der Waals surface area contributed by atoms with Crippen molar-refractivity contribution in [2.45, 2.75) is 25.8 Å². The Kier molecular flexibility index (Phi) is 4.70. The first kappa shape index (κ1) is 14.2. The topological polar surface area (TPSA) is 38.3 Å². The molecular weight excluding hydrogens is 262 g/mol. The van der Waals surface area contributed by atoms with E-state index in [1.807, 2.05) is 31.2 Å². The summed E-state index contributed by atoms with van der Waals surface area (Å²) in [4.78, 5) is 12.0. The van der Waals surface area contributed by atoms with Crippen LogP contribution in [-0.4, -0.2) is 18.9 Å². The van der Waals surface area contributed by atoms with E-state index in [-0.39, 0.29) is 17.9 Å². The predicted molar refractivity (Wildman–Crippen MR) is 76.5 cm³/mol. The van der Waals surface area contributed by atoms with E-state index < -0.39 is 0 Å². The lowest BCUT2D eigenvalue weighted by atomic mass is 10.0. The van der Waals surface area contributed by atoms with Crippen molar-refractivity contribution in [3.8, 4) is 5.75 Å². The minimum Gasteiger partial charge on any atom is -0.497 e. The van der Waals surface area contributed by atoms with Gasteiger partial charge >= 0.3 is 0 Å². The smallest absolute Gasteiger partial charge is 0.224 e. The van der Waals surface area contributed by atoms with E-state index in [0.717, 1.165) is 11.3 Å². The number of alkyl halides is 1. The van der Waals surface area contributed by atoms with Crippen LogP contribution in [0.25, 0.3) is 0 Å². The molecule has 1 aromatic carbocycles. The molecule has 0 aliphatic heterocycles. The maximum atomic E-state index is 12.0. The summed E-state index contributed by atoms with van der Waals surface area (Å²) in [6.45, 7) is 1.85. The van der Waals surface area contributed by atoms with Gasteiger partial charge in [-0.15, -0.1) is 11.6 Å². The quantitative estimate of drug-likeness (QED) is 0.814. The molecule has 2 unspecified atom stereocenters. The van der Waals surface area contributed by atoms with Gasteiger partial charge in [0.1, 0.15) is 5.75 Å². The number of ether oxygens (including phenoxy) is 1. The third kappa shape index (κ3) is 3.63. The van der Waals surface area contributed by atoms with Crippen molar-refractivity contribution in [3.05, 3.63) is 29.8 Å². The molecule has 0 heterocycles. The zero-order valence-electron chi connectivity index (χ0n) is 11.4. The van der Waals surface area contributed by atoms with Crippen LogP contribution < -0.4 is 10.1 Å². The molecule has 0 spiro atoms. The Balaban J connectivity index is 2.08. The van der Waals surface area contributed by atoms with Gasteiger partial charge in [-0.25, -0.2) is 0 Å². The van der Waals surface area contributed by atoms with Crippen LogP contribution in [0.15, 0.2) is 24.3 Å². The molecule has 104 valence electrons. The molecule has 1 fully saturated rings. The second kappa shape index (κ2) is 6.29. The van der Waals surface area contributed by atoms with Crippen molar-refractivity contribution in [1.82, 2.24) is 5.32 Å². The number of rotatable bonds is 6. The summed E-state index contributed by atoms with van der Waals surface area (Å²) >= 11 is 5.73. The van der Waals surface area contributed by atoms with Gasteiger partial charge < -0.3 is 10.1 Å². The molecule has 4 heteroatoms. The molecule has 0 radical (unpaired) electrons. The molecular formula is C15H20ClNO2. The average molecular weight is 282 g/mol. The summed E-state index contributed by atoms with van der Waals surface area (Å²) in [5.41, 5.74) is 1.14. The number of nitrogens with one attached hydrogen (secondary N) is 1. The monoisotopic (exact) mass is 281 g/mol. The van der Waals surface area contributed by atoms with Crippen LogP contribution in [0.5, 0.6) is 5.75 Å². The molecule has 0 aromatic heterocycles. The molecule has 2 atom stereocenters. The molecule has 3 nitrogen and oxygen atoms in total. The van der Waals surface area contributed by atoms with Crippen LogP contribution >= 0.6 is 11.6 Å². The van der Waals surface area contributed by atoms with E-state index in [0.29, 0.717) is 11.8 Å². The fraction of sp³-hybridized carbons (Fsp3) is 0.533. The van der Waals surface area contributed by atoms with Gasteiger partial charge in [0.15, 0.2) is 0 Å². The molecule has 1 aromatic rings. The zero-order valence-corrected chi connectivity index (χ0v) is 12.1. The average Bonchev–Trinajstić information content (AvgIpc) is 3.28. The Bertz CT molecular complexity index is 428. The predicted octanol–water partition coefficient (Wildman–Crippen LogP) is 3.14. The van der Waals surface area contributed by atoms with E-state index in [1.165, 1.54) is 12.8 Å². The minimum atomic E-state index is -0.152. The molecule has 1 saturated carbocycles. The molecule has 0 saturated heterocycles. The van der Waals surface area contributed by atoms with E-state index in [9.17, 15) is 4.79 Å². The Labute approximate surface area is 119 Å². The van der Waals surface area contributed by atoms with E-state index >= 15 is 0 Å². The highest BCUT2D eigenvalue weighted by atomic mass is 35.5. The van der Waals surface area contributed by atoms with Gasteiger partial charge in [0.2, 0.25) is 5.91 Å². The highest BCUT2D eigenvalue weighted by Crippen LogP contribution is 2.41. The number of carbonyl (C=O) groups is 1. The van der Waals surface area contributed by atoms with Crippen LogP contribution in [0.3, 0.4) is 0 Å². The fourth-order valence-electron chi connectivity index (χ4n) is 2.08. The number of benzene rings is 1. The highest BCUT2D eigenvalue weighted by molar-refractivity contribution is 6.19.